The van der Waals surface area contributed by atoms with Gasteiger partial charge in [-0.25, -0.2) is 0 Å². The lowest BCUT2D eigenvalue weighted by atomic mass is 9.85. The van der Waals surface area contributed by atoms with Crippen LogP contribution in [0, 0.1) is 0 Å². The molecule has 0 atom stereocenters. The fourth-order valence-electron chi connectivity index (χ4n) is 9.19. The monoisotopic (exact) mass is 816 g/mol. The molecule has 0 saturated carbocycles. The molecule has 11 aromatic rings. The highest BCUT2D eigenvalue weighted by Gasteiger charge is 2.20. The molecular formula is C62H44N2. The Morgan fingerprint density at radius 3 is 0.859 bits per heavy atom. The van der Waals surface area contributed by atoms with Gasteiger partial charge in [-0.1, -0.05) is 194 Å². The Hall–Kier alpha value is -8.46. The van der Waals surface area contributed by atoms with Crippen molar-refractivity contribution in [2.45, 2.75) is 0 Å². The number of hydrogen-bond donors (Lipinski definition) is 0. The molecule has 11 rings (SSSR count). The maximum atomic E-state index is 2.40. The van der Waals surface area contributed by atoms with E-state index >= 15 is 0 Å². The van der Waals surface area contributed by atoms with E-state index in [-0.39, 0.29) is 0 Å². The highest BCUT2D eigenvalue weighted by atomic mass is 15.1. The molecule has 0 spiro atoms. The van der Waals surface area contributed by atoms with Crippen LogP contribution in [0.2, 0.25) is 0 Å². The van der Waals surface area contributed by atoms with Gasteiger partial charge in [-0.15, -0.1) is 0 Å². The Labute approximate surface area is 375 Å². The molecule has 2 heteroatoms. The van der Waals surface area contributed by atoms with E-state index in [4.69, 9.17) is 0 Å². The summed E-state index contributed by atoms with van der Waals surface area (Å²) in [6.07, 6.45) is 0. The summed E-state index contributed by atoms with van der Waals surface area (Å²) in [5.74, 6) is 0. The molecule has 0 N–H and O–H groups in total. The zero-order valence-electron chi connectivity index (χ0n) is 35.3. The predicted octanol–water partition coefficient (Wildman–Crippen LogP) is 17.6. The van der Waals surface area contributed by atoms with Crippen LogP contribution in [0.1, 0.15) is 0 Å². The van der Waals surface area contributed by atoms with Crippen molar-refractivity contribution >= 4 is 55.7 Å². The quantitative estimate of drug-likeness (QED) is 0.136. The number of fused-ring (bicyclic) bond motifs is 2. The normalized spacial score (nSPS) is 11.1. The van der Waals surface area contributed by atoms with E-state index in [0.717, 1.165) is 45.3 Å². The van der Waals surface area contributed by atoms with Gasteiger partial charge in [0.15, 0.2) is 0 Å². The summed E-state index contributed by atoms with van der Waals surface area (Å²) in [6, 6.07) is 96.3. The molecule has 0 aliphatic carbocycles. The molecular weight excluding hydrogens is 773 g/mol. The molecule has 0 saturated heterocycles. The Kier molecular flexibility index (Phi) is 10.3. The lowest BCUT2D eigenvalue weighted by molar-refractivity contribution is 1.30. The lowest BCUT2D eigenvalue weighted by Crippen LogP contribution is -2.10. The van der Waals surface area contributed by atoms with Crippen molar-refractivity contribution in [3.8, 4) is 44.5 Å². The van der Waals surface area contributed by atoms with E-state index in [1.807, 2.05) is 0 Å². The molecule has 64 heavy (non-hydrogen) atoms. The zero-order valence-corrected chi connectivity index (χ0v) is 35.3. The third-order valence-electron chi connectivity index (χ3n) is 12.2. The maximum Gasteiger partial charge on any atom is 0.0540 e. The fraction of sp³-hybridized carbons (Fsp3) is 0. The maximum absolute atomic E-state index is 2.40. The summed E-state index contributed by atoms with van der Waals surface area (Å²) in [5.41, 5.74) is 16.1. The average Bonchev–Trinajstić information content (AvgIpc) is 3.38. The molecule has 0 amide bonds. The Bertz CT molecular complexity index is 3110. The third kappa shape index (κ3) is 7.38. The van der Waals surface area contributed by atoms with Crippen LogP contribution in [0.25, 0.3) is 66.1 Å². The van der Waals surface area contributed by atoms with Crippen molar-refractivity contribution in [2.24, 2.45) is 0 Å². The van der Waals surface area contributed by atoms with E-state index in [2.05, 4.69) is 277 Å². The number of benzene rings is 11. The first-order valence-corrected chi connectivity index (χ1v) is 21.9. The molecule has 0 fully saturated rings. The van der Waals surface area contributed by atoms with E-state index in [1.54, 1.807) is 0 Å². The highest BCUT2D eigenvalue weighted by Crippen LogP contribution is 2.46. The van der Waals surface area contributed by atoms with Crippen LogP contribution in [-0.2, 0) is 0 Å². The van der Waals surface area contributed by atoms with Gasteiger partial charge in [0.2, 0.25) is 0 Å². The first-order chi connectivity index (χ1) is 31.8. The number of nitrogens with zero attached hydrogens (tertiary/aromatic N) is 2. The van der Waals surface area contributed by atoms with Gasteiger partial charge < -0.3 is 9.80 Å². The molecule has 0 bridgehead atoms. The SMILES string of the molecule is c1ccc(-c2cc(-c3ccc(N(c4ccccc4)c4cccc5ccccc45)cc3)c(-c3ccc(N(c4ccccc4)c4cccc5ccccc45)cc3)cc2-c2ccccc2)cc1. The van der Waals surface area contributed by atoms with Crippen LogP contribution in [0.15, 0.2) is 267 Å². The van der Waals surface area contributed by atoms with Crippen LogP contribution in [0.4, 0.5) is 34.1 Å². The Balaban J connectivity index is 1.08. The number of hydrogen-bond acceptors (Lipinski definition) is 2. The van der Waals surface area contributed by atoms with Crippen molar-refractivity contribution in [2.75, 3.05) is 9.80 Å². The Morgan fingerprint density at radius 1 is 0.203 bits per heavy atom. The molecule has 302 valence electrons. The van der Waals surface area contributed by atoms with Crippen molar-refractivity contribution in [3.63, 3.8) is 0 Å². The van der Waals surface area contributed by atoms with Gasteiger partial charge in [-0.05, 0) is 128 Å². The molecule has 0 aliphatic heterocycles. The van der Waals surface area contributed by atoms with Gasteiger partial charge in [0, 0.05) is 33.5 Å². The zero-order chi connectivity index (χ0) is 42.7. The van der Waals surface area contributed by atoms with Crippen LogP contribution >= 0.6 is 0 Å². The minimum absolute atomic E-state index is 1.09. The second kappa shape index (κ2) is 17.1. The van der Waals surface area contributed by atoms with Crippen molar-refractivity contribution < 1.29 is 0 Å². The second-order valence-electron chi connectivity index (χ2n) is 16.1. The molecule has 0 aliphatic rings. The fourth-order valence-corrected chi connectivity index (χ4v) is 9.19. The van der Waals surface area contributed by atoms with E-state index < -0.39 is 0 Å². The molecule has 0 heterocycles. The summed E-state index contributed by atoms with van der Waals surface area (Å²) < 4.78 is 0. The molecule has 0 radical (unpaired) electrons. The smallest absolute Gasteiger partial charge is 0.0540 e. The summed E-state index contributed by atoms with van der Waals surface area (Å²) in [7, 11) is 0. The van der Waals surface area contributed by atoms with Gasteiger partial charge in [0.25, 0.3) is 0 Å². The topological polar surface area (TPSA) is 6.48 Å². The molecule has 0 unspecified atom stereocenters. The van der Waals surface area contributed by atoms with Gasteiger partial charge in [-0.2, -0.15) is 0 Å². The molecule has 11 aromatic carbocycles. The summed E-state index contributed by atoms with van der Waals surface area (Å²) >= 11 is 0. The number of anilines is 6. The van der Waals surface area contributed by atoms with Crippen LogP contribution in [0.5, 0.6) is 0 Å². The summed E-state index contributed by atoms with van der Waals surface area (Å²) in [5, 5.41) is 4.84. The minimum atomic E-state index is 1.09. The van der Waals surface area contributed by atoms with Crippen molar-refractivity contribution in [1.29, 1.82) is 0 Å². The Morgan fingerprint density at radius 2 is 0.484 bits per heavy atom. The van der Waals surface area contributed by atoms with Crippen molar-refractivity contribution in [1.82, 2.24) is 0 Å². The first kappa shape index (κ1) is 38.5. The third-order valence-corrected chi connectivity index (χ3v) is 12.2. The number of rotatable bonds is 10. The minimum Gasteiger partial charge on any atom is -0.310 e. The standard InChI is InChI=1S/C62H44N2/c1-5-19-47(20-6-1)57-43-59(49-35-39-53(40-36-49)63(51-27-9-3-10-28-51)61-33-17-25-45-23-13-15-31-55(45)61)60(44-58(57)48-21-7-2-8-22-48)50-37-41-54(42-38-50)64(52-29-11-4-12-30-52)62-34-18-26-46-24-14-16-32-56(46)62/h1-44H. The number of para-hydroxylation sites is 2. The summed E-state index contributed by atoms with van der Waals surface area (Å²) in [6.45, 7) is 0. The van der Waals surface area contributed by atoms with E-state index in [0.29, 0.717) is 0 Å². The predicted molar refractivity (Wildman–Crippen MR) is 273 cm³/mol. The highest BCUT2D eigenvalue weighted by molar-refractivity contribution is 6.01. The second-order valence-corrected chi connectivity index (χ2v) is 16.1. The van der Waals surface area contributed by atoms with E-state index in [1.165, 1.54) is 54.9 Å². The lowest BCUT2D eigenvalue weighted by Gasteiger charge is -2.27. The largest absolute Gasteiger partial charge is 0.310 e. The summed E-state index contributed by atoms with van der Waals surface area (Å²) in [4.78, 5) is 4.74. The first-order valence-electron chi connectivity index (χ1n) is 21.9. The van der Waals surface area contributed by atoms with E-state index in [9.17, 15) is 0 Å². The van der Waals surface area contributed by atoms with Gasteiger partial charge in [0.05, 0.1) is 11.4 Å². The molecule has 2 nitrogen and oxygen atoms in total. The average molecular weight is 817 g/mol. The van der Waals surface area contributed by atoms with Gasteiger partial charge in [0.1, 0.15) is 0 Å². The van der Waals surface area contributed by atoms with Crippen LogP contribution < -0.4 is 9.80 Å². The van der Waals surface area contributed by atoms with Crippen LogP contribution in [-0.4, -0.2) is 0 Å². The van der Waals surface area contributed by atoms with Gasteiger partial charge >= 0.3 is 0 Å². The van der Waals surface area contributed by atoms with Crippen molar-refractivity contribution in [3.05, 3.63) is 267 Å². The molecule has 0 aromatic heterocycles. The van der Waals surface area contributed by atoms with Crippen LogP contribution in [0.3, 0.4) is 0 Å². The van der Waals surface area contributed by atoms with Gasteiger partial charge in [-0.3, -0.25) is 0 Å².